The van der Waals surface area contributed by atoms with Crippen molar-refractivity contribution in [2.75, 3.05) is 19.7 Å². The zero-order valence-electron chi connectivity index (χ0n) is 14.0. The van der Waals surface area contributed by atoms with Gasteiger partial charge in [0.2, 0.25) is 0 Å². The first-order valence-corrected chi connectivity index (χ1v) is 8.66. The quantitative estimate of drug-likeness (QED) is 0.776. The third-order valence-corrected chi connectivity index (χ3v) is 5.63. The molecule has 6 nitrogen and oxygen atoms in total. The zero-order valence-corrected chi connectivity index (χ0v) is 14.0. The highest BCUT2D eigenvalue weighted by Gasteiger charge is 2.48. The minimum Gasteiger partial charge on any atom is -0.388 e. The normalized spacial score (nSPS) is 30.9. The Kier molecular flexibility index (Phi) is 3.88. The number of rotatable bonds is 2. The second-order valence-corrected chi connectivity index (χ2v) is 7.54. The van der Waals surface area contributed by atoms with E-state index >= 15 is 0 Å². The van der Waals surface area contributed by atoms with Gasteiger partial charge in [0, 0.05) is 31.4 Å². The standard InChI is InChI=1S/C18H25N3O3/c1-17(23)12-18(24-11-16(17)22)6-8-21(9-7-18)10-15-13-4-2-3-5-14(13)19-20-15/h2-5,16,22-23H,6-12H2,1H3,(H,19,20)/t16-,17-/m0/s1. The first-order chi connectivity index (χ1) is 11.5. The van der Waals surface area contributed by atoms with E-state index in [0.29, 0.717) is 6.42 Å². The molecule has 2 fully saturated rings. The number of ether oxygens (including phenoxy) is 1. The number of aromatic amines is 1. The van der Waals surface area contributed by atoms with Crippen molar-refractivity contribution in [1.29, 1.82) is 0 Å². The monoisotopic (exact) mass is 331 g/mol. The number of hydrogen-bond donors (Lipinski definition) is 3. The van der Waals surface area contributed by atoms with Crippen molar-refractivity contribution >= 4 is 10.9 Å². The summed E-state index contributed by atoms with van der Waals surface area (Å²) in [6, 6.07) is 8.15. The average molecular weight is 331 g/mol. The van der Waals surface area contributed by atoms with E-state index in [2.05, 4.69) is 21.2 Å². The molecule has 3 heterocycles. The molecule has 0 unspecified atom stereocenters. The maximum Gasteiger partial charge on any atom is 0.106 e. The minimum atomic E-state index is -1.06. The summed E-state index contributed by atoms with van der Waals surface area (Å²) >= 11 is 0. The lowest BCUT2D eigenvalue weighted by Gasteiger charge is -2.49. The molecule has 1 spiro atoms. The highest BCUT2D eigenvalue weighted by Crippen LogP contribution is 2.39. The second kappa shape index (κ2) is 5.81. The fraction of sp³-hybridized carbons (Fsp3) is 0.611. The molecule has 6 heteroatoms. The molecule has 2 aliphatic rings. The fourth-order valence-corrected chi connectivity index (χ4v) is 4.05. The van der Waals surface area contributed by atoms with E-state index in [4.69, 9.17) is 4.74 Å². The van der Waals surface area contributed by atoms with Crippen LogP contribution in [0, 0.1) is 0 Å². The van der Waals surface area contributed by atoms with Crippen LogP contribution in [0.3, 0.4) is 0 Å². The molecule has 0 aliphatic carbocycles. The maximum absolute atomic E-state index is 10.4. The van der Waals surface area contributed by atoms with Crippen LogP contribution < -0.4 is 0 Å². The Bertz CT molecular complexity index is 719. The molecule has 4 rings (SSSR count). The summed E-state index contributed by atoms with van der Waals surface area (Å²) in [5.41, 5.74) is 0.796. The van der Waals surface area contributed by atoms with E-state index in [-0.39, 0.29) is 12.2 Å². The van der Waals surface area contributed by atoms with Crippen LogP contribution in [0.1, 0.15) is 31.9 Å². The van der Waals surface area contributed by atoms with E-state index in [1.54, 1.807) is 6.92 Å². The largest absolute Gasteiger partial charge is 0.388 e. The molecule has 130 valence electrons. The molecule has 2 aromatic rings. The topological polar surface area (TPSA) is 81.6 Å². The number of benzene rings is 1. The van der Waals surface area contributed by atoms with Gasteiger partial charge >= 0.3 is 0 Å². The van der Waals surface area contributed by atoms with E-state index in [1.165, 1.54) is 5.39 Å². The van der Waals surface area contributed by atoms with Crippen molar-refractivity contribution in [2.24, 2.45) is 0 Å². The Balaban J connectivity index is 1.41. The van der Waals surface area contributed by atoms with E-state index in [1.807, 2.05) is 18.2 Å². The summed E-state index contributed by atoms with van der Waals surface area (Å²) in [4.78, 5) is 2.40. The van der Waals surface area contributed by atoms with Crippen LogP contribution in [0.2, 0.25) is 0 Å². The molecule has 1 aromatic carbocycles. The predicted octanol–water partition coefficient (Wildman–Crippen LogP) is 1.43. The van der Waals surface area contributed by atoms with Gasteiger partial charge in [0.05, 0.1) is 29.0 Å². The molecule has 0 saturated carbocycles. The van der Waals surface area contributed by atoms with Crippen LogP contribution in [0.25, 0.3) is 10.9 Å². The number of nitrogens with zero attached hydrogens (tertiary/aromatic N) is 2. The number of likely N-dealkylation sites (tertiary alicyclic amines) is 1. The number of aliphatic hydroxyl groups excluding tert-OH is 1. The Morgan fingerprint density at radius 2 is 2.08 bits per heavy atom. The summed E-state index contributed by atoms with van der Waals surface area (Å²) in [5.74, 6) is 0. The van der Waals surface area contributed by atoms with Gasteiger partial charge in [0.25, 0.3) is 0 Å². The van der Waals surface area contributed by atoms with Crippen LogP contribution in [-0.4, -0.2) is 62.3 Å². The average Bonchev–Trinajstić information content (AvgIpc) is 2.97. The van der Waals surface area contributed by atoms with Crippen molar-refractivity contribution in [2.45, 2.75) is 50.0 Å². The maximum atomic E-state index is 10.4. The lowest BCUT2D eigenvalue weighted by atomic mass is 9.76. The molecule has 2 atom stereocenters. The summed E-state index contributed by atoms with van der Waals surface area (Å²) < 4.78 is 5.95. The van der Waals surface area contributed by atoms with Crippen molar-refractivity contribution in [1.82, 2.24) is 15.1 Å². The molecule has 0 bridgehead atoms. The number of H-pyrrole nitrogens is 1. The van der Waals surface area contributed by atoms with Gasteiger partial charge in [0.1, 0.15) is 6.10 Å². The van der Waals surface area contributed by atoms with Crippen LogP contribution in [0.4, 0.5) is 0 Å². The van der Waals surface area contributed by atoms with Gasteiger partial charge in [0.15, 0.2) is 0 Å². The number of aromatic nitrogens is 2. The van der Waals surface area contributed by atoms with Crippen LogP contribution in [0.5, 0.6) is 0 Å². The van der Waals surface area contributed by atoms with Gasteiger partial charge in [-0.25, -0.2) is 0 Å². The van der Waals surface area contributed by atoms with Gasteiger partial charge in [-0.05, 0) is 25.8 Å². The van der Waals surface area contributed by atoms with E-state index < -0.39 is 11.7 Å². The third-order valence-electron chi connectivity index (χ3n) is 5.63. The first-order valence-electron chi connectivity index (χ1n) is 8.66. The highest BCUT2D eigenvalue weighted by atomic mass is 16.5. The van der Waals surface area contributed by atoms with E-state index in [0.717, 1.165) is 43.7 Å². The van der Waals surface area contributed by atoms with Crippen molar-refractivity contribution in [3.63, 3.8) is 0 Å². The van der Waals surface area contributed by atoms with Crippen molar-refractivity contribution in [3.8, 4) is 0 Å². The lowest BCUT2D eigenvalue weighted by molar-refractivity contribution is -0.223. The molecule has 3 N–H and O–H groups in total. The minimum absolute atomic E-state index is 0.220. The smallest absolute Gasteiger partial charge is 0.106 e. The van der Waals surface area contributed by atoms with Crippen molar-refractivity contribution < 1.29 is 14.9 Å². The first kappa shape index (κ1) is 16.0. The third kappa shape index (κ3) is 2.84. The Morgan fingerprint density at radius 3 is 2.83 bits per heavy atom. The molecule has 0 amide bonds. The molecule has 2 saturated heterocycles. The number of piperidine rings is 1. The number of hydrogen-bond acceptors (Lipinski definition) is 5. The number of para-hydroxylation sites is 1. The van der Waals surface area contributed by atoms with Crippen LogP contribution in [-0.2, 0) is 11.3 Å². The Labute approximate surface area is 141 Å². The Hall–Kier alpha value is -1.47. The summed E-state index contributed by atoms with van der Waals surface area (Å²) in [6.45, 7) is 4.61. The fourth-order valence-electron chi connectivity index (χ4n) is 4.05. The number of nitrogens with one attached hydrogen (secondary N) is 1. The molecular weight excluding hydrogens is 306 g/mol. The second-order valence-electron chi connectivity index (χ2n) is 7.54. The highest BCUT2D eigenvalue weighted by molar-refractivity contribution is 5.81. The molecule has 1 aromatic heterocycles. The molecular formula is C18H25N3O3. The molecule has 24 heavy (non-hydrogen) atoms. The van der Waals surface area contributed by atoms with Crippen LogP contribution >= 0.6 is 0 Å². The van der Waals surface area contributed by atoms with E-state index in [9.17, 15) is 10.2 Å². The molecule has 0 radical (unpaired) electrons. The Morgan fingerprint density at radius 1 is 1.33 bits per heavy atom. The van der Waals surface area contributed by atoms with Gasteiger partial charge < -0.3 is 14.9 Å². The summed E-state index contributed by atoms with van der Waals surface area (Å²) in [6.07, 6.45) is 1.46. The summed E-state index contributed by atoms with van der Waals surface area (Å²) in [7, 11) is 0. The SMILES string of the molecule is C[C@]1(O)CC2(CCN(Cc3[nH]nc4ccccc34)CC2)OC[C@@H]1O. The summed E-state index contributed by atoms with van der Waals surface area (Å²) in [5, 5.41) is 29.0. The molecule has 2 aliphatic heterocycles. The lowest BCUT2D eigenvalue weighted by Crippen LogP contribution is -2.59. The number of aliphatic hydroxyl groups is 2. The number of fused-ring (bicyclic) bond motifs is 1. The van der Waals surface area contributed by atoms with Gasteiger partial charge in [-0.15, -0.1) is 0 Å². The van der Waals surface area contributed by atoms with Gasteiger partial charge in [-0.1, -0.05) is 18.2 Å². The van der Waals surface area contributed by atoms with Crippen LogP contribution in [0.15, 0.2) is 24.3 Å². The zero-order chi connectivity index (χ0) is 16.8. The van der Waals surface area contributed by atoms with Crippen molar-refractivity contribution in [3.05, 3.63) is 30.0 Å². The van der Waals surface area contributed by atoms with Gasteiger partial charge in [-0.3, -0.25) is 10.00 Å². The van der Waals surface area contributed by atoms with Gasteiger partial charge in [-0.2, -0.15) is 5.10 Å². The predicted molar refractivity (Wildman–Crippen MR) is 90.5 cm³/mol.